The van der Waals surface area contributed by atoms with Crippen molar-refractivity contribution in [1.82, 2.24) is 5.32 Å². The summed E-state index contributed by atoms with van der Waals surface area (Å²) in [6.07, 6.45) is 2.68. The Morgan fingerprint density at radius 3 is 2.80 bits per heavy atom. The number of hydrogen-bond donors (Lipinski definition) is 1. The Morgan fingerprint density at radius 2 is 2.10 bits per heavy atom. The van der Waals surface area contributed by atoms with Crippen LogP contribution in [0.3, 0.4) is 0 Å². The van der Waals surface area contributed by atoms with Gasteiger partial charge in [-0.15, -0.1) is 24.8 Å². The van der Waals surface area contributed by atoms with Crippen LogP contribution in [0, 0.1) is 5.92 Å². The molecule has 1 aromatic carbocycles. The van der Waals surface area contributed by atoms with Crippen molar-refractivity contribution < 1.29 is 4.74 Å². The summed E-state index contributed by atoms with van der Waals surface area (Å²) in [4.78, 5) is 2.46. The predicted molar refractivity (Wildman–Crippen MR) is 88.8 cm³/mol. The summed E-state index contributed by atoms with van der Waals surface area (Å²) in [7, 11) is 0. The molecule has 20 heavy (non-hydrogen) atoms. The van der Waals surface area contributed by atoms with Gasteiger partial charge in [0.1, 0.15) is 5.75 Å². The third kappa shape index (κ3) is 4.44. The van der Waals surface area contributed by atoms with Crippen LogP contribution in [0.4, 0.5) is 5.69 Å². The minimum absolute atomic E-state index is 0. The number of hydrogen-bond acceptors (Lipinski definition) is 3. The number of piperazine rings is 1. The molecule has 1 atom stereocenters. The van der Waals surface area contributed by atoms with E-state index in [1.54, 1.807) is 0 Å². The number of rotatable bonds is 4. The number of ether oxygens (including phenoxy) is 1. The molecule has 5 heteroatoms. The van der Waals surface area contributed by atoms with Crippen LogP contribution in [0.25, 0.3) is 0 Å². The van der Waals surface area contributed by atoms with Gasteiger partial charge < -0.3 is 15.0 Å². The van der Waals surface area contributed by atoms with Crippen LogP contribution in [0.1, 0.15) is 19.8 Å². The van der Waals surface area contributed by atoms with Gasteiger partial charge in [-0.1, -0.05) is 6.07 Å². The zero-order chi connectivity index (χ0) is 12.4. The maximum atomic E-state index is 5.85. The van der Waals surface area contributed by atoms with Gasteiger partial charge in [0.05, 0.1) is 6.61 Å². The van der Waals surface area contributed by atoms with Crippen LogP contribution in [-0.4, -0.2) is 32.3 Å². The molecule has 1 heterocycles. The van der Waals surface area contributed by atoms with Crippen molar-refractivity contribution in [1.29, 1.82) is 0 Å². The first-order valence-corrected chi connectivity index (χ1v) is 7.03. The molecule has 0 unspecified atom stereocenters. The van der Waals surface area contributed by atoms with Crippen LogP contribution in [0.15, 0.2) is 24.3 Å². The highest BCUT2D eigenvalue weighted by Crippen LogP contribution is 2.30. The summed E-state index contributed by atoms with van der Waals surface area (Å²) in [6.45, 7) is 6.36. The largest absolute Gasteiger partial charge is 0.493 e. The highest BCUT2D eigenvalue weighted by Gasteiger charge is 2.22. The first kappa shape index (κ1) is 17.4. The van der Waals surface area contributed by atoms with Gasteiger partial charge in [-0.25, -0.2) is 0 Å². The second-order valence-electron chi connectivity index (χ2n) is 5.50. The van der Waals surface area contributed by atoms with E-state index in [0.29, 0.717) is 6.04 Å². The summed E-state index contributed by atoms with van der Waals surface area (Å²) in [6, 6.07) is 9.10. The van der Waals surface area contributed by atoms with Crippen LogP contribution >= 0.6 is 24.8 Å². The smallest absolute Gasteiger partial charge is 0.121 e. The predicted octanol–water partition coefficient (Wildman–Crippen LogP) is 3.12. The summed E-state index contributed by atoms with van der Waals surface area (Å²) in [5.74, 6) is 1.83. The van der Waals surface area contributed by atoms with Crippen molar-refractivity contribution in [3.8, 4) is 5.75 Å². The van der Waals surface area contributed by atoms with E-state index in [4.69, 9.17) is 4.74 Å². The van der Waals surface area contributed by atoms with E-state index in [-0.39, 0.29) is 24.8 Å². The zero-order valence-corrected chi connectivity index (χ0v) is 13.5. The van der Waals surface area contributed by atoms with E-state index >= 15 is 0 Å². The zero-order valence-electron chi connectivity index (χ0n) is 11.9. The van der Waals surface area contributed by atoms with Crippen LogP contribution in [-0.2, 0) is 0 Å². The Labute approximate surface area is 133 Å². The second-order valence-corrected chi connectivity index (χ2v) is 5.50. The quantitative estimate of drug-likeness (QED) is 0.923. The number of benzene rings is 1. The maximum Gasteiger partial charge on any atom is 0.121 e. The number of nitrogens with zero attached hydrogens (tertiary/aromatic N) is 1. The lowest BCUT2D eigenvalue weighted by Crippen LogP contribution is -2.49. The second kappa shape index (κ2) is 7.96. The van der Waals surface area contributed by atoms with E-state index in [0.717, 1.165) is 37.9 Å². The molecule has 1 aliphatic heterocycles. The third-order valence-corrected chi connectivity index (χ3v) is 3.83. The van der Waals surface area contributed by atoms with E-state index in [9.17, 15) is 0 Å². The Hall–Kier alpha value is -0.640. The molecule has 1 saturated carbocycles. The fourth-order valence-electron chi connectivity index (χ4n) is 2.48. The summed E-state index contributed by atoms with van der Waals surface area (Å²) in [5.41, 5.74) is 1.29. The maximum absolute atomic E-state index is 5.85. The molecule has 1 saturated heterocycles. The molecule has 114 valence electrons. The van der Waals surface area contributed by atoms with Crippen molar-refractivity contribution >= 4 is 30.5 Å². The Balaban J connectivity index is 0.000001000. The van der Waals surface area contributed by atoms with Crippen LogP contribution in [0.2, 0.25) is 0 Å². The molecule has 3 nitrogen and oxygen atoms in total. The average Bonchev–Trinajstić information content (AvgIpc) is 3.21. The molecular weight excluding hydrogens is 295 g/mol. The molecule has 1 N–H and O–H groups in total. The lowest BCUT2D eigenvalue weighted by Gasteiger charge is -2.36. The van der Waals surface area contributed by atoms with E-state index in [2.05, 4.69) is 41.4 Å². The lowest BCUT2D eigenvalue weighted by molar-refractivity contribution is 0.299. The van der Waals surface area contributed by atoms with Crippen LogP contribution in [0.5, 0.6) is 5.75 Å². The molecular formula is C15H24Cl2N2O. The fourth-order valence-corrected chi connectivity index (χ4v) is 2.48. The van der Waals surface area contributed by atoms with Gasteiger partial charge in [-0.3, -0.25) is 0 Å². The summed E-state index contributed by atoms with van der Waals surface area (Å²) < 4.78 is 5.85. The SMILES string of the molecule is C[C@@H]1CNCCN1c1cccc(OCC2CC2)c1.Cl.Cl. The van der Waals surface area contributed by atoms with E-state index in [1.807, 2.05) is 0 Å². The number of nitrogens with one attached hydrogen (secondary N) is 1. The Kier molecular flexibility index (Phi) is 6.93. The monoisotopic (exact) mass is 318 g/mol. The first-order valence-electron chi connectivity index (χ1n) is 7.03. The molecule has 3 rings (SSSR count). The normalized spacial score (nSPS) is 21.6. The van der Waals surface area contributed by atoms with Crippen molar-refractivity contribution in [2.75, 3.05) is 31.1 Å². The van der Waals surface area contributed by atoms with Gasteiger partial charge >= 0.3 is 0 Å². The molecule has 1 aromatic rings. The van der Waals surface area contributed by atoms with Crippen molar-refractivity contribution in [3.05, 3.63) is 24.3 Å². The molecule has 0 aromatic heterocycles. The topological polar surface area (TPSA) is 24.5 Å². The minimum atomic E-state index is 0. The highest BCUT2D eigenvalue weighted by atomic mass is 35.5. The molecule has 0 amide bonds. The van der Waals surface area contributed by atoms with E-state index in [1.165, 1.54) is 18.5 Å². The van der Waals surface area contributed by atoms with Crippen molar-refractivity contribution in [2.45, 2.75) is 25.8 Å². The molecule has 2 fully saturated rings. The standard InChI is InChI=1S/C15H22N2O.2ClH/c1-12-10-16-7-8-17(12)14-3-2-4-15(9-14)18-11-13-5-6-13;;/h2-4,9,12-13,16H,5-8,10-11H2,1H3;2*1H/t12-;;/m1../s1. The van der Waals surface area contributed by atoms with Gasteiger partial charge in [0.25, 0.3) is 0 Å². The first-order chi connectivity index (χ1) is 8.83. The Morgan fingerprint density at radius 1 is 1.30 bits per heavy atom. The molecule has 2 aliphatic rings. The average molecular weight is 319 g/mol. The highest BCUT2D eigenvalue weighted by molar-refractivity contribution is 5.85. The Bertz CT molecular complexity index is 413. The van der Waals surface area contributed by atoms with Crippen LogP contribution < -0.4 is 15.0 Å². The van der Waals surface area contributed by atoms with Gasteiger partial charge in [0.2, 0.25) is 0 Å². The van der Waals surface area contributed by atoms with Gasteiger partial charge in [-0.05, 0) is 37.8 Å². The number of anilines is 1. The van der Waals surface area contributed by atoms with Crippen molar-refractivity contribution in [3.63, 3.8) is 0 Å². The van der Waals surface area contributed by atoms with Gasteiger partial charge in [-0.2, -0.15) is 0 Å². The third-order valence-electron chi connectivity index (χ3n) is 3.83. The molecule has 0 radical (unpaired) electrons. The summed E-state index contributed by atoms with van der Waals surface area (Å²) >= 11 is 0. The van der Waals surface area contributed by atoms with Gasteiger partial charge in [0, 0.05) is 37.4 Å². The molecule has 0 spiro atoms. The van der Waals surface area contributed by atoms with Crippen molar-refractivity contribution in [2.24, 2.45) is 5.92 Å². The number of halogens is 2. The fraction of sp³-hybridized carbons (Fsp3) is 0.600. The summed E-state index contributed by atoms with van der Waals surface area (Å²) in [5, 5.41) is 3.42. The minimum Gasteiger partial charge on any atom is -0.493 e. The molecule has 0 bridgehead atoms. The molecule has 1 aliphatic carbocycles. The lowest BCUT2D eigenvalue weighted by atomic mass is 10.1. The van der Waals surface area contributed by atoms with Gasteiger partial charge in [0.15, 0.2) is 0 Å². The van der Waals surface area contributed by atoms with E-state index < -0.39 is 0 Å².